The predicted octanol–water partition coefficient (Wildman–Crippen LogP) is 3.51. The molecule has 1 amide bonds. The quantitative estimate of drug-likeness (QED) is 0.648. The second-order valence-electron chi connectivity index (χ2n) is 7.12. The maximum atomic E-state index is 13.0. The summed E-state index contributed by atoms with van der Waals surface area (Å²) in [5.74, 6) is -0.638. The maximum absolute atomic E-state index is 13.0. The Kier molecular flexibility index (Phi) is 5.18. The maximum Gasteiger partial charge on any atom is 0.416 e. The first-order valence-corrected chi connectivity index (χ1v) is 9.44. The van der Waals surface area contributed by atoms with Gasteiger partial charge in [-0.1, -0.05) is 30.3 Å². The van der Waals surface area contributed by atoms with Gasteiger partial charge in [0.15, 0.2) is 5.78 Å². The first-order chi connectivity index (χ1) is 14.7. The van der Waals surface area contributed by atoms with Gasteiger partial charge in [-0.3, -0.25) is 9.59 Å². The van der Waals surface area contributed by atoms with Gasteiger partial charge in [0.25, 0.3) is 5.91 Å². The largest absolute Gasteiger partial charge is 0.416 e. The molecule has 158 valence electrons. The van der Waals surface area contributed by atoms with Crippen LogP contribution in [-0.4, -0.2) is 33.1 Å². The van der Waals surface area contributed by atoms with Gasteiger partial charge >= 0.3 is 6.18 Å². The van der Waals surface area contributed by atoms with Gasteiger partial charge in [-0.25, -0.2) is 9.97 Å². The summed E-state index contributed by atoms with van der Waals surface area (Å²) in [4.78, 5) is 35.0. The van der Waals surface area contributed by atoms with Gasteiger partial charge in [-0.15, -0.1) is 0 Å². The molecule has 2 heterocycles. The number of nitrogens with two attached hydrogens (primary N) is 1. The van der Waals surface area contributed by atoms with Crippen molar-refractivity contribution in [2.24, 2.45) is 0 Å². The van der Waals surface area contributed by atoms with Gasteiger partial charge in [-0.2, -0.15) is 13.2 Å². The molecule has 0 unspecified atom stereocenters. The number of ketones is 1. The van der Waals surface area contributed by atoms with Crippen molar-refractivity contribution in [3.63, 3.8) is 0 Å². The van der Waals surface area contributed by atoms with Crippen LogP contribution in [0.1, 0.15) is 43.1 Å². The van der Waals surface area contributed by atoms with Crippen molar-refractivity contribution >= 4 is 17.6 Å². The highest BCUT2D eigenvalue weighted by molar-refractivity contribution is 6.10. The third-order valence-corrected chi connectivity index (χ3v) is 5.17. The number of rotatable bonds is 3. The minimum Gasteiger partial charge on any atom is -0.368 e. The Morgan fingerprint density at radius 2 is 1.77 bits per heavy atom. The highest BCUT2D eigenvalue weighted by atomic mass is 19.4. The lowest BCUT2D eigenvalue weighted by Gasteiger charge is -2.29. The summed E-state index contributed by atoms with van der Waals surface area (Å²) in [7, 11) is 0. The molecule has 0 radical (unpaired) electrons. The molecule has 0 spiro atoms. The molecule has 2 aromatic carbocycles. The number of nitrogen functional groups attached to an aromatic ring is 1. The number of aromatic nitrogens is 2. The number of nitrogens with zero attached hydrogens (tertiary/aromatic N) is 3. The molecule has 31 heavy (non-hydrogen) atoms. The number of hydrogen-bond donors (Lipinski definition) is 1. The Hall–Kier alpha value is -3.75. The Labute approximate surface area is 175 Å². The average molecular weight is 426 g/mol. The van der Waals surface area contributed by atoms with Crippen molar-refractivity contribution in [1.29, 1.82) is 0 Å². The van der Waals surface area contributed by atoms with Gasteiger partial charge in [0.1, 0.15) is 5.69 Å². The van der Waals surface area contributed by atoms with E-state index < -0.39 is 11.7 Å². The topological polar surface area (TPSA) is 89.2 Å². The minimum absolute atomic E-state index is 0.00711. The Morgan fingerprint density at radius 3 is 2.45 bits per heavy atom. The normalized spacial score (nSPS) is 13.6. The lowest BCUT2D eigenvalue weighted by Crippen LogP contribution is -2.37. The van der Waals surface area contributed by atoms with Crippen LogP contribution < -0.4 is 5.73 Å². The number of anilines is 1. The van der Waals surface area contributed by atoms with Crippen molar-refractivity contribution < 1.29 is 22.8 Å². The molecular formula is C22H17F3N4O2. The Bertz CT molecular complexity index is 1160. The minimum atomic E-state index is -4.46. The summed E-state index contributed by atoms with van der Waals surface area (Å²) >= 11 is 0. The molecule has 6 nitrogen and oxygen atoms in total. The van der Waals surface area contributed by atoms with Crippen molar-refractivity contribution in [2.45, 2.75) is 19.1 Å². The van der Waals surface area contributed by atoms with E-state index >= 15 is 0 Å². The third kappa shape index (κ3) is 4.11. The number of hydrogen-bond acceptors (Lipinski definition) is 5. The van der Waals surface area contributed by atoms with Crippen molar-refractivity contribution in [3.05, 3.63) is 88.2 Å². The van der Waals surface area contributed by atoms with Gasteiger partial charge in [0.05, 0.1) is 5.56 Å². The zero-order valence-corrected chi connectivity index (χ0v) is 16.2. The molecular weight excluding hydrogens is 409 g/mol. The number of amides is 1. The van der Waals surface area contributed by atoms with Gasteiger partial charge < -0.3 is 10.6 Å². The predicted molar refractivity (Wildman–Crippen MR) is 106 cm³/mol. The van der Waals surface area contributed by atoms with Crippen molar-refractivity contribution in [2.75, 3.05) is 12.3 Å². The number of fused-ring (bicyclic) bond motifs is 1. The van der Waals surface area contributed by atoms with Crippen LogP contribution in [0, 0.1) is 0 Å². The molecule has 1 aliphatic rings. The van der Waals surface area contributed by atoms with E-state index in [1.807, 2.05) is 6.07 Å². The Morgan fingerprint density at radius 1 is 1.03 bits per heavy atom. The molecule has 4 rings (SSSR count). The van der Waals surface area contributed by atoms with Crippen LogP contribution in [0.4, 0.5) is 19.1 Å². The number of benzene rings is 2. The number of alkyl halides is 3. The fourth-order valence-electron chi connectivity index (χ4n) is 3.62. The van der Waals surface area contributed by atoms with Crippen LogP contribution in [0.5, 0.6) is 0 Å². The zero-order valence-electron chi connectivity index (χ0n) is 16.2. The summed E-state index contributed by atoms with van der Waals surface area (Å²) in [5.41, 5.74) is 7.13. The van der Waals surface area contributed by atoms with Gasteiger partial charge in [0, 0.05) is 30.4 Å². The number of halogens is 3. The molecule has 0 bridgehead atoms. The molecule has 0 saturated heterocycles. The smallest absolute Gasteiger partial charge is 0.368 e. The fraction of sp³-hybridized carbons (Fsp3) is 0.182. The van der Waals surface area contributed by atoms with Crippen molar-refractivity contribution in [1.82, 2.24) is 14.9 Å². The fourth-order valence-corrected chi connectivity index (χ4v) is 3.62. The molecule has 3 aromatic rings. The van der Waals surface area contributed by atoms with Crippen LogP contribution in [0.15, 0.2) is 54.7 Å². The molecule has 9 heteroatoms. The summed E-state index contributed by atoms with van der Waals surface area (Å²) in [6.07, 6.45) is -2.61. The second-order valence-corrected chi connectivity index (χ2v) is 7.12. The van der Waals surface area contributed by atoms with E-state index in [1.54, 1.807) is 17.0 Å². The number of carbonyl (C=O) groups is 2. The molecule has 0 saturated carbocycles. The molecule has 1 aliphatic heterocycles. The van der Waals surface area contributed by atoms with Crippen molar-refractivity contribution in [3.8, 4) is 0 Å². The first kappa shape index (κ1) is 20.5. The lowest BCUT2D eigenvalue weighted by atomic mass is 9.90. The summed E-state index contributed by atoms with van der Waals surface area (Å²) < 4.78 is 38.4. The SMILES string of the molecule is Nc1nccc(C(=O)N2CCc3c(cccc3C(=O)c3ccc(C(F)(F)F)cc3)C2)n1. The van der Waals surface area contributed by atoms with E-state index in [1.165, 1.54) is 24.4 Å². The van der Waals surface area contributed by atoms with E-state index in [4.69, 9.17) is 5.73 Å². The molecule has 1 aromatic heterocycles. The van der Waals surface area contributed by atoms with E-state index in [-0.39, 0.29) is 35.4 Å². The summed E-state index contributed by atoms with van der Waals surface area (Å²) in [6, 6.07) is 10.8. The summed E-state index contributed by atoms with van der Waals surface area (Å²) in [5, 5.41) is 0. The monoisotopic (exact) mass is 426 g/mol. The standard InChI is InChI=1S/C22H17F3N4O2/c23-22(24,25)15-6-4-13(5-7-15)19(30)17-3-1-2-14-12-29(11-9-16(14)17)20(31)18-8-10-27-21(26)28-18/h1-8,10H,9,11-12H2,(H2,26,27,28). The van der Waals surface area contributed by atoms with E-state index in [0.29, 0.717) is 18.5 Å². The van der Waals surface area contributed by atoms with E-state index in [2.05, 4.69) is 9.97 Å². The lowest BCUT2D eigenvalue weighted by molar-refractivity contribution is -0.137. The van der Waals surface area contributed by atoms with Crippen LogP contribution in [0.3, 0.4) is 0 Å². The molecule has 0 fully saturated rings. The van der Waals surface area contributed by atoms with E-state index in [9.17, 15) is 22.8 Å². The molecule has 2 N–H and O–H groups in total. The zero-order chi connectivity index (χ0) is 22.2. The molecule has 0 aliphatic carbocycles. The molecule has 0 atom stereocenters. The number of carbonyl (C=O) groups excluding carboxylic acids is 2. The first-order valence-electron chi connectivity index (χ1n) is 9.44. The average Bonchev–Trinajstić information content (AvgIpc) is 2.77. The van der Waals surface area contributed by atoms with Crippen LogP contribution in [-0.2, 0) is 19.1 Å². The van der Waals surface area contributed by atoms with Crippen LogP contribution in [0.25, 0.3) is 0 Å². The summed E-state index contributed by atoms with van der Waals surface area (Å²) in [6.45, 7) is 0.652. The second kappa shape index (κ2) is 7.82. The van der Waals surface area contributed by atoms with Crippen LogP contribution >= 0.6 is 0 Å². The third-order valence-electron chi connectivity index (χ3n) is 5.17. The van der Waals surface area contributed by atoms with Gasteiger partial charge in [0.2, 0.25) is 5.95 Å². The highest BCUT2D eigenvalue weighted by Crippen LogP contribution is 2.30. The van der Waals surface area contributed by atoms with E-state index in [0.717, 1.165) is 23.3 Å². The highest BCUT2D eigenvalue weighted by Gasteiger charge is 2.31. The van der Waals surface area contributed by atoms with Crippen LogP contribution in [0.2, 0.25) is 0 Å². The Balaban J connectivity index is 1.58. The van der Waals surface area contributed by atoms with Gasteiger partial charge in [-0.05, 0) is 35.7 Å².